The van der Waals surface area contributed by atoms with Gasteiger partial charge in [-0.3, -0.25) is 4.90 Å². The van der Waals surface area contributed by atoms with Crippen LogP contribution in [0, 0.1) is 6.92 Å². The van der Waals surface area contributed by atoms with Gasteiger partial charge in [0.05, 0.1) is 25.7 Å². The van der Waals surface area contributed by atoms with Gasteiger partial charge in [-0.25, -0.2) is 0 Å². The number of methoxy groups -OCH3 is 3. The van der Waals surface area contributed by atoms with Crippen LogP contribution in [0.25, 0.3) is 0 Å². The molecule has 0 bridgehead atoms. The van der Waals surface area contributed by atoms with E-state index in [2.05, 4.69) is 11.0 Å². The number of aryl methyl sites for hydroxylation is 1. The van der Waals surface area contributed by atoms with Crippen molar-refractivity contribution < 1.29 is 14.2 Å². The van der Waals surface area contributed by atoms with Crippen LogP contribution in [0.1, 0.15) is 16.5 Å². The molecule has 1 aromatic rings. The molecule has 1 aromatic carbocycles. The monoisotopic (exact) mass is 315 g/mol. The van der Waals surface area contributed by atoms with E-state index in [0.29, 0.717) is 13.2 Å². The average molecular weight is 316 g/mol. The van der Waals surface area contributed by atoms with E-state index >= 15 is 0 Å². The van der Waals surface area contributed by atoms with Crippen molar-refractivity contribution in [2.45, 2.75) is 12.3 Å². The molecule has 0 saturated heterocycles. The first-order chi connectivity index (χ1) is 10.1. The minimum absolute atomic E-state index is 0.0664. The van der Waals surface area contributed by atoms with Gasteiger partial charge in [0.1, 0.15) is 5.75 Å². The molecule has 0 amide bonds. The number of halogens is 1. The van der Waals surface area contributed by atoms with Crippen LogP contribution in [0.3, 0.4) is 0 Å². The third-order valence-electron chi connectivity index (χ3n) is 3.42. The minimum atomic E-state index is -0.0664. The van der Waals surface area contributed by atoms with Crippen LogP contribution in [0.5, 0.6) is 5.75 Å². The van der Waals surface area contributed by atoms with Gasteiger partial charge in [-0.1, -0.05) is 12.1 Å². The number of nitrogens with zero attached hydrogens (tertiary/aromatic N) is 1. The van der Waals surface area contributed by atoms with Crippen molar-refractivity contribution >= 4 is 11.6 Å². The molecule has 21 heavy (non-hydrogen) atoms. The van der Waals surface area contributed by atoms with Crippen molar-refractivity contribution in [1.82, 2.24) is 4.90 Å². The maximum atomic E-state index is 6.56. The van der Waals surface area contributed by atoms with Gasteiger partial charge in [-0.2, -0.15) is 0 Å². The van der Waals surface area contributed by atoms with Gasteiger partial charge < -0.3 is 14.2 Å². The SMILES string of the molecule is COCCN(CCOC)CC(Cl)c1ccc(OC)c(C)c1. The van der Waals surface area contributed by atoms with Crippen LogP contribution in [0.2, 0.25) is 0 Å². The van der Waals surface area contributed by atoms with Crippen molar-refractivity contribution in [1.29, 1.82) is 0 Å². The third-order valence-corrected chi connectivity index (χ3v) is 3.81. The van der Waals surface area contributed by atoms with Gasteiger partial charge in [0.25, 0.3) is 0 Å². The molecular formula is C16H26ClNO3. The van der Waals surface area contributed by atoms with Gasteiger partial charge in [-0.05, 0) is 24.1 Å². The van der Waals surface area contributed by atoms with Crippen LogP contribution in [-0.2, 0) is 9.47 Å². The van der Waals surface area contributed by atoms with Gasteiger partial charge in [0.2, 0.25) is 0 Å². The molecule has 5 heteroatoms. The fourth-order valence-corrected chi connectivity index (χ4v) is 2.49. The molecule has 1 atom stereocenters. The summed E-state index contributed by atoms with van der Waals surface area (Å²) in [5.41, 5.74) is 2.20. The van der Waals surface area contributed by atoms with Gasteiger partial charge in [0.15, 0.2) is 0 Å². The van der Waals surface area contributed by atoms with E-state index in [9.17, 15) is 0 Å². The molecule has 1 unspecified atom stereocenters. The molecule has 0 fully saturated rings. The lowest BCUT2D eigenvalue weighted by molar-refractivity contribution is 0.114. The molecule has 0 aliphatic rings. The Kier molecular flexibility index (Phi) is 8.69. The van der Waals surface area contributed by atoms with Gasteiger partial charge in [-0.15, -0.1) is 11.6 Å². The van der Waals surface area contributed by atoms with Crippen molar-refractivity contribution in [3.63, 3.8) is 0 Å². The number of alkyl halides is 1. The largest absolute Gasteiger partial charge is 0.496 e. The standard InChI is InChI=1S/C16H26ClNO3/c1-13-11-14(5-6-16(13)21-4)15(17)12-18(7-9-19-2)8-10-20-3/h5-6,11,15H,7-10,12H2,1-4H3. The molecule has 0 spiro atoms. The van der Waals surface area contributed by atoms with Crippen molar-refractivity contribution in [3.8, 4) is 5.75 Å². The lowest BCUT2D eigenvalue weighted by Crippen LogP contribution is -2.33. The Morgan fingerprint density at radius 2 is 1.71 bits per heavy atom. The Morgan fingerprint density at radius 1 is 1.10 bits per heavy atom. The van der Waals surface area contributed by atoms with Crippen LogP contribution < -0.4 is 4.74 Å². The van der Waals surface area contributed by atoms with E-state index in [4.69, 9.17) is 25.8 Å². The second-order valence-corrected chi connectivity index (χ2v) is 5.51. The highest BCUT2D eigenvalue weighted by Crippen LogP contribution is 2.26. The predicted molar refractivity (Wildman–Crippen MR) is 86.5 cm³/mol. The van der Waals surface area contributed by atoms with Crippen LogP contribution in [0.4, 0.5) is 0 Å². The van der Waals surface area contributed by atoms with E-state index in [1.165, 1.54) is 0 Å². The predicted octanol–water partition coefficient (Wildman–Crippen LogP) is 2.88. The first-order valence-electron chi connectivity index (χ1n) is 7.11. The van der Waals surface area contributed by atoms with E-state index in [-0.39, 0.29) is 5.38 Å². The maximum absolute atomic E-state index is 6.56. The molecule has 0 aliphatic carbocycles. The van der Waals surface area contributed by atoms with Gasteiger partial charge in [0, 0.05) is 33.9 Å². The fourth-order valence-electron chi connectivity index (χ4n) is 2.16. The highest BCUT2D eigenvalue weighted by atomic mass is 35.5. The molecular weight excluding hydrogens is 290 g/mol. The van der Waals surface area contributed by atoms with Crippen molar-refractivity contribution in [2.75, 3.05) is 54.2 Å². The molecule has 0 radical (unpaired) electrons. The number of benzene rings is 1. The summed E-state index contributed by atoms with van der Waals surface area (Å²) in [5.74, 6) is 0.887. The lowest BCUT2D eigenvalue weighted by atomic mass is 10.1. The van der Waals surface area contributed by atoms with E-state index in [1.807, 2.05) is 19.1 Å². The Morgan fingerprint density at radius 3 is 2.19 bits per heavy atom. The lowest BCUT2D eigenvalue weighted by Gasteiger charge is -2.24. The van der Waals surface area contributed by atoms with Crippen molar-refractivity contribution in [3.05, 3.63) is 29.3 Å². The maximum Gasteiger partial charge on any atom is 0.121 e. The van der Waals surface area contributed by atoms with Crippen LogP contribution in [0.15, 0.2) is 18.2 Å². The third kappa shape index (κ3) is 6.22. The Bertz CT molecular complexity index is 407. The van der Waals surface area contributed by atoms with E-state index < -0.39 is 0 Å². The zero-order valence-electron chi connectivity index (χ0n) is 13.4. The zero-order valence-corrected chi connectivity index (χ0v) is 14.2. The Labute approximate surface area is 132 Å². The second kappa shape index (κ2) is 10.0. The summed E-state index contributed by atoms with van der Waals surface area (Å²) in [5, 5.41) is -0.0664. The molecule has 0 saturated carbocycles. The van der Waals surface area contributed by atoms with E-state index in [1.54, 1.807) is 21.3 Å². The highest BCUT2D eigenvalue weighted by molar-refractivity contribution is 6.21. The molecule has 0 aliphatic heterocycles. The molecule has 0 heterocycles. The molecule has 120 valence electrons. The second-order valence-electron chi connectivity index (χ2n) is 4.98. The highest BCUT2D eigenvalue weighted by Gasteiger charge is 2.14. The molecule has 1 rings (SSSR count). The number of hydrogen-bond donors (Lipinski definition) is 0. The average Bonchev–Trinajstić information content (AvgIpc) is 2.49. The normalized spacial score (nSPS) is 12.7. The van der Waals surface area contributed by atoms with Gasteiger partial charge >= 0.3 is 0 Å². The zero-order chi connectivity index (χ0) is 15.7. The fraction of sp³-hybridized carbons (Fsp3) is 0.625. The first kappa shape index (κ1) is 18.2. The smallest absolute Gasteiger partial charge is 0.121 e. The summed E-state index contributed by atoms with van der Waals surface area (Å²) in [6.45, 7) is 5.86. The Hall–Kier alpha value is -0.810. The van der Waals surface area contributed by atoms with Crippen molar-refractivity contribution in [2.24, 2.45) is 0 Å². The Balaban J connectivity index is 2.66. The summed E-state index contributed by atoms with van der Waals surface area (Å²) < 4.78 is 15.6. The number of rotatable bonds is 10. The van der Waals surface area contributed by atoms with Crippen LogP contribution >= 0.6 is 11.6 Å². The summed E-state index contributed by atoms with van der Waals surface area (Å²) in [7, 11) is 5.09. The molecule has 0 N–H and O–H groups in total. The summed E-state index contributed by atoms with van der Waals surface area (Å²) in [4.78, 5) is 2.25. The minimum Gasteiger partial charge on any atom is -0.496 e. The van der Waals surface area contributed by atoms with Crippen LogP contribution in [-0.4, -0.2) is 59.1 Å². The van der Waals surface area contributed by atoms with E-state index in [0.717, 1.165) is 36.5 Å². The quantitative estimate of drug-likeness (QED) is 0.621. The molecule has 0 aromatic heterocycles. The summed E-state index contributed by atoms with van der Waals surface area (Å²) in [6, 6.07) is 6.07. The number of ether oxygens (including phenoxy) is 3. The topological polar surface area (TPSA) is 30.9 Å². The first-order valence-corrected chi connectivity index (χ1v) is 7.54. The molecule has 4 nitrogen and oxygen atoms in total. The summed E-state index contributed by atoms with van der Waals surface area (Å²) in [6.07, 6.45) is 0. The number of hydrogen-bond acceptors (Lipinski definition) is 4. The summed E-state index contributed by atoms with van der Waals surface area (Å²) >= 11 is 6.56.